The number of nitrogens with one attached hydrogen (secondary N) is 2. The molecule has 1 heterocycles. The number of carbonyl (C=O) groups excluding carboxylic acids is 1. The Balaban J connectivity index is 1.34. The highest BCUT2D eigenvalue weighted by molar-refractivity contribution is 5.94. The molecule has 0 saturated heterocycles. The van der Waals surface area contributed by atoms with Crippen molar-refractivity contribution in [3.63, 3.8) is 0 Å². The predicted molar refractivity (Wildman–Crippen MR) is 85.6 cm³/mol. The van der Waals surface area contributed by atoms with Gasteiger partial charge in [-0.05, 0) is 55.8 Å². The number of nitrogens with zero attached hydrogens (tertiary/aromatic N) is 1. The Kier molecular flexibility index (Phi) is 3.17. The molecule has 0 aromatic carbocycles. The summed E-state index contributed by atoms with van der Waals surface area (Å²) in [5.74, 6) is 1.60. The van der Waals surface area contributed by atoms with Gasteiger partial charge in [-0.25, -0.2) is 0 Å². The first kappa shape index (κ1) is 14.0. The van der Waals surface area contributed by atoms with E-state index in [-0.39, 0.29) is 5.91 Å². The molecule has 0 spiro atoms. The van der Waals surface area contributed by atoms with Gasteiger partial charge in [-0.1, -0.05) is 25.5 Å². The van der Waals surface area contributed by atoms with E-state index in [4.69, 9.17) is 0 Å². The van der Waals surface area contributed by atoms with Crippen molar-refractivity contribution >= 4 is 5.91 Å². The van der Waals surface area contributed by atoms with Gasteiger partial charge in [-0.2, -0.15) is 5.10 Å². The normalized spacial score (nSPS) is 27.8. The molecular formula is C18H25N3O. The third-order valence-electron chi connectivity index (χ3n) is 6.30. The molecule has 2 unspecified atom stereocenters. The van der Waals surface area contributed by atoms with Crippen LogP contribution in [0.1, 0.15) is 61.3 Å². The fraction of sp³-hybridized carbons (Fsp3) is 0.667. The highest BCUT2D eigenvalue weighted by atomic mass is 16.1. The number of aromatic amines is 1. The molecule has 4 heteroatoms. The number of allylic oxidation sites excluding steroid dienone is 1. The van der Waals surface area contributed by atoms with Crippen LogP contribution in [0.4, 0.5) is 0 Å². The number of carbonyl (C=O) groups is 1. The first-order chi connectivity index (χ1) is 10.6. The standard InChI is InChI=1S/C18H25N3O/c1-18(2)12-7-6-11(14(18)10-12)8-9-19-17(22)16-13-4-3-5-15(13)20-21-16/h6,12,14H,3-5,7-10H2,1-2H3,(H,19,22)(H,20,21). The first-order valence-corrected chi connectivity index (χ1v) is 8.60. The summed E-state index contributed by atoms with van der Waals surface area (Å²) in [4.78, 5) is 12.3. The van der Waals surface area contributed by atoms with Gasteiger partial charge in [0.2, 0.25) is 0 Å². The van der Waals surface area contributed by atoms with E-state index in [1.807, 2.05) is 0 Å². The molecule has 4 aliphatic rings. The van der Waals surface area contributed by atoms with Crippen molar-refractivity contribution in [3.8, 4) is 0 Å². The van der Waals surface area contributed by atoms with Gasteiger partial charge in [0, 0.05) is 17.8 Å². The monoisotopic (exact) mass is 299 g/mol. The Labute approximate surface area is 131 Å². The zero-order valence-corrected chi connectivity index (χ0v) is 13.5. The van der Waals surface area contributed by atoms with Crippen LogP contribution in [0.25, 0.3) is 0 Å². The molecule has 22 heavy (non-hydrogen) atoms. The summed E-state index contributed by atoms with van der Waals surface area (Å²) in [6.07, 6.45) is 9.12. The molecule has 4 nitrogen and oxygen atoms in total. The van der Waals surface area contributed by atoms with Gasteiger partial charge in [-0.15, -0.1) is 0 Å². The minimum atomic E-state index is -0.0124. The minimum absolute atomic E-state index is 0.0124. The molecule has 0 aliphatic heterocycles. The van der Waals surface area contributed by atoms with Crippen LogP contribution in [0, 0.1) is 17.3 Å². The van der Waals surface area contributed by atoms with Crippen molar-refractivity contribution in [3.05, 3.63) is 28.6 Å². The molecule has 1 amide bonds. The third-order valence-corrected chi connectivity index (χ3v) is 6.30. The Bertz CT molecular complexity index is 641. The zero-order chi connectivity index (χ0) is 15.3. The third kappa shape index (κ3) is 2.03. The van der Waals surface area contributed by atoms with Gasteiger partial charge >= 0.3 is 0 Å². The maximum absolute atomic E-state index is 12.3. The van der Waals surface area contributed by atoms with Crippen molar-refractivity contribution in [1.82, 2.24) is 15.5 Å². The lowest BCUT2D eigenvalue weighted by Gasteiger charge is -2.56. The molecule has 1 saturated carbocycles. The Morgan fingerprint density at radius 1 is 1.45 bits per heavy atom. The number of H-pyrrole nitrogens is 1. The smallest absolute Gasteiger partial charge is 0.272 e. The molecule has 1 aromatic heterocycles. The van der Waals surface area contributed by atoms with Crippen molar-refractivity contribution in [1.29, 1.82) is 0 Å². The van der Waals surface area contributed by atoms with E-state index < -0.39 is 0 Å². The van der Waals surface area contributed by atoms with E-state index in [0.717, 1.165) is 55.3 Å². The van der Waals surface area contributed by atoms with Crippen LogP contribution in [0.2, 0.25) is 0 Å². The van der Waals surface area contributed by atoms with E-state index in [9.17, 15) is 4.79 Å². The lowest BCUT2D eigenvalue weighted by Crippen LogP contribution is -2.48. The number of fused-ring (bicyclic) bond motifs is 2. The van der Waals surface area contributed by atoms with Crippen LogP contribution in [0.3, 0.4) is 0 Å². The Morgan fingerprint density at radius 2 is 2.32 bits per heavy atom. The molecule has 5 rings (SSSR count). The van der Waals surface area contributed by atoms with Crippen LogP contribution >= 0.6 is 0 Å². The molecule has 2 N–H and O–H groups in total. The number of rotatable bonds is 4. The maximum Gasteiger partial charge on any atom is 0.272 e. The van der Waals surface area contributed by atoms with Crippen LogP contribution in [-0.4, -0.2) is 22.6 Å². The number of aryl methyl sites for hydroxylation is 1. The van der Waals surface area contributed by atoms with E-state index >= 15 is 0 Å². The highest BCUT2D eigenvalue weighted by Gasteiger charge is 2.50. The zero-order valence-electron chi connectivity index (χ0n) is 13.5. The summed E-state index contributed by atoms with van der Waals surface area (Å²) >= 11 is 0. The van der Waals surface area contributed by atoms with Gasteiger partial charge in [0.15, 0.2) is 5.69 Å². The molecule has 1 aromatic rings. The van der Waals surface area contributed by atoms with Crippen molar-refractivity contribution < 1.29 is 4.79 Å². The van der Waals surface area contributed by atoms with Crippen LogP contribution in [-0.2, 0) is 12.8 Å². The first-order valence-electron chi connectivity index (χ1n) is 8.60. The quantitative estimate of drug-likeness (QED) is 0.840. The fourth-order valence-corrected chi connectivity index (χ4v) is 4.67. The molecule has 2 atom stereocenters. The molecule has 4 aliphatic carbocycles. The average Bonchev–Trinajstić information content (AvgIpc) is 3.09. The maximum atomic E-state index is 12.3. The van der Waals surface area contributed by atoms with Gasteiger partial charge in [-0.3, -0.25) is 9.89 Å². The molecule has 0 radical (unpaired) electrons. The second kappa shape index (κ2) is 4.97. The summed E-state index contributed by atoms with van der Waals surface area (Å²) in [5, 5.41) is 10.3. The van der Waals surface area contributed by atoms with E-state index in [1.54, 1.807) is 5.57 Å². The van der Waals surface area contributed by atoms with E-state index in [1.165, 1.54) is 12.8 Å². The average molecular weight is 299 g/mol. The Hall–Kier alpha value is -1.58. The Morgan fingerprint density at radius 3 is 3.09 bits per heavy atom. The van der Waals surface area contributed by atoms with E-state index in [0.29, 0.717) is 11.1 Å². The summed E-state index contributed by atoms with van der Waals surface area (Å²) in [7, 11) is 0. The SMILES string of the molecule is CC1(C)C2CC=C(CCNC(=O)c3n[nH]c4c3CCC4)C1C2. The lowest BCUT2D eigenvalue weighted by molar-refractivity contribution is -0.00811. The number of hydrogen-bond acceptors (Lipinski definition) is 2. The summed E-state index contributed by atoms with van der Waals surface area (Å²) in [6, 6.07) is 0. The number of aromatic nitrogens is 2. The number of hydrogen-bond donors (Lipinski definition) is 2. The summed E-state index contributed by atoms with van der Waals surface area (Å²) in [6.45, 7) is 5.51. The van der Waals surface area contributed by atoms with Crippen molar-refractivity contribution in [2.45, 2.75) is 52.4 Å². The second-order valence-electron chi connectivity index (χ2n) is 7.71. The molecule has 2 bridgehead atoms. The molecule has 1 fully saturated rings. The predicted octanol–water partition coefficient (Wildman–Crippen LogP) is 3.01. The van der Waals surface area contributed by atoms with Crippen molar-refractivity contribution in [2.24, 2.45) is 17.3 Å². The van der Waals surface area contributed by atoms with Crippen LogP contribution in [0.15, 0.2) is 11.6 Å². The van der Waals surface area contributed by atoms with Crippen LogP contribution < -0.4 is 5.32 Å². The molecule has 118 valence electrons. The van der Waals surface area contributed by atoms with Gasteiger partial charge in [0.05, 0.1) is 0 Å². The summed E-state index contributed by atoms with van der Waals surface area (Å²) in [5.41, 5.74) is 4.94. The van der Waals surface area contributed by atoms with Gasteiger partial charge < -0.3 is 5.32 Å². The number of amides is 1. The van der Waals surface area contributed by atoms with Gasteiger partial charge in [0.1, 0.15) is 0 Å². The highest BCUT2D eigenvalue weighted by Crippen LogP contribution is 2.59. The lowest BCUT2D eigenvalue weighted by atomic mass is 9.48. The summed E-state index contributed by atoms with van der Waals surface area (Å²) < 4.78 is 0. The second-order valence-corrected chi connectivity index (χ2v) is 7.71. The fourth-order valence-electron chi connectivity index (χ4n) is 4.67. The molecular weight excluding hydrogens is 274 g/mol. The van der Waals surface area contributed by atoms with E-state index in [2.05, 4.69) is 35.4 Å². The van der Waals surface area contributed by atoms with Crippen LogP contribution in [0.5, 0.6) is 0 Å². The minimum Gasteiger partial charge on any atom is -0.350 e. The largest absolute Gasteiger partial charge is 0.350 e. The van der Waals surface area contributed by atoms with Gasteiger partial charge in [0.25, 0.3) is 5.91 Å². The topological polar surface area (TPSA) is 57.8 Å². The van der Waals surface area contributed by atoms with Crippen molar-refractivity contribution in [2.75, 3.05) is 6.54 Å².